The Hall–Kier alpha value is -3.39. The molecule has 0 bridgehead atoms. The zero-order valence-electron chi connectivity index (χ0n) is 20.0. The van der Waals surface area contributed by atoms with Crippen molar-refractivity contribution < 1.29 is 29.0 Å². The molecule has 1 heterocycles. The summed E-state index contributed by atoms with van der Waals surface area (Å²) >= 11 is 0. The van der Waals surface area contributed by atoms with E-state index < -0.39 is 18.1 Å². The van der Waals surface area contributed by atoms with Gasteiger partial charge in [0.15, 0.2) is 0 Å². The van der Waals surface area contributed by atoms with Crippen LogP contribution in [-0.2, 0) is 19.1 Å². The van der Waals surface area contributed by atoms with E-state index >= 15 is 0 Å². The van der Waals surface area contributed by atoms with Crippen LogP contribution in [0.25, 0.3) is 11.1 Å². The molecule has 186 valence electrons. The highest BCUT2D eigenvalue weighted by molar-refractivity contribution is 5.84. The molecule has 8 nitrogen and oxygen atoms in total. The summed E-state index contributed by atoms with van der Waals surface area (Å²) in [5, 5.41) is 14.8. The molecule has 0 radical (unpaired) electrons. The lowest BCUT2D eigenvalue weighted by Crippen LogP contribution is -2.49. The third-order valence-electron chi connectivity index (χ3n) is 6.82. The van der Waals surface area contributed by atoms with Crippen LogP contribution in [0.4, 0.5) is 4.79 Å². The first kappa shape index (κ1) is 24.7. The molecule has 0 saturated carbocycles. The highest BCUT2D eigenvalue weighted by atomic mass is 16.5. The van der Waals surface area contributed by atoms with Gasteiger partial charge in [0.1, 0.15) is 12.6 Å². The van der Waals surface area contributed by atoms with Crippen LogP contribution >= 0.6 is 0 Å². The number of benzene rings is 2. The Balaban J connectivity index is 1.35. The molecule has 0 aromatic heterocycles. The summed E-state index contributed by atoms with van der Waals surface area (Å²) in [6, 6.07) is 15.0. The number of rotatable bonds is 8. The highest BCUT2D eigenvalue weighted by Crippen LogP contribution is 2.44. The van der Waals surface area contributed by atoms with Crippen molar-refractivity contribution in [3.8, 4) is 11.1 Å². The van der Waals surface area contributed by atoms with Crippen LogP contribution in [-0.4, -0.2) is 55.0 Å². The third-order valence-corrected chi connectivity index (χ3v) is 6.82. The van der Waals surface area contributed by atoms with Gasteiger partial charge in [0.25, 0.3) is 0 Å². The SMILES string of the molecule is CC(C)[C@H](NC(=O)CC1COCCC1NC(=O)OCC1c2ccccc2-c2ccccc21)C(=O)O. The fourth-order valence-electron chi connectivity index (χ4n) is 4.96. The lowest BCUT2D eigenvalue weighted by Gasteiger charge is -2.32. The first-order chi connectivity index (χ1) is 16.8. The number of hydrogen-bond acceptors (Lipinski definition) is 5. The zero-order chi connectivity index (χ0) is 24.9. The maximum atomic E-state index is 12.7. The van der Waals surface area contributed by atoms with Gasteiger partial charge in [-0.15, -0.1) is 0 Å². The van der Waals surface area contributed by atoms with Crippen molar-refractivity contribution in [2.24, 2.45) is 11.8 Å². The molecule has 1 saturated heterocycles. The predicted octanol–water partition coefficient (Wildman–Crippen LogP) is 3.55. The van der Waals surface area contributed by atoms with E-state index in [1.54, 1.807) is 13.8 Å². The first-order valence-electron chi connectivity index (χ1n) is 12.1. The van der Waals surface area contributed by atoms with Gasteiger partial charge >= 0.3 is 12.1 Å². The number of nitrogens with one attached hydrogen (secondary N) is 2. The average molecular weight is 481 g/mol. The second kappa shape index (κ2) is 10.9. The smallest absolute Gasteiger partial charge is 0.407 e. The molecule has 0 spiro atoms. The molecule has 1 aliphatic carbocycles. The van der Waals surface area contributed by atoms with Crippen LogP contribution in [0.3, 0.4) is 0 Å². The molecular formula is C27H32N2O6. The monoisotopic (exact) mass is 480 g/mol. The van der Waals surface area contributed by atoms with Gasteiger partial charge in [-0.05, 0) is 34.6 Å². The predicted molar refractivity (Wildman–Crippen MR) is 130 cm³/mol. The van der Waals surface area contributed by atoms with Crippen molar-refractivity contribution in [3.63, 3.8) is 0 Å². The van der Waals surface area contributed by atoms with Crippen molar-refractivity contribution in [1.29, 1.82) is 0 Å². The Kier molecular flexibility index (Phi) is 7.70. The van der Waals surface area contributed by atoms with Crippen LogP contribution in [0.2, 0.25) is 0 Å². The third kappa shape index (κ3) is 5.65. The maximum Gasteiger partial charge on any atom is 0.407 e. The minimum atomic E-state index is -1.07. The Morgan fingerprint density at radius 2 is 1.69 bits per heavy atom. The Labute approximate surface area is 205 Å². The fraction of sp³-hybridized carbons (Fsp3) is 0.444. The van der Waals surface area contributed by atoms with E-state index in [0.717, 1.165) is 22.3 Å². The van der Waals surface area contributed by atoms with Crippen molar-refractivity contribution >= 4 is 18.0 Å². The van der Waals surface area contributed by atoms with Gasteiger partial charge in [-0.2, -0.15) is 0 Å². The van der Waals surface area contributed by atoms with Crippen LogP contribution in [0.15, 0.2) is 48.5 Å². The van der Waals surface area contributed by atoms with Crippen LogP contribution < -0.4 is 10.6 Å². The van der Waals surface area contributed by atoms with Gasteiger partial charge in [-0.25, -0.2) is 9.59 Å². The molecule has 35 heavy (non-hydrogen) atoms. The number of carbonyl (C=O) groups excluding carboxylic acids is 2. The lowest BCUT2D eigenvalue weighted by molar-refractivity contribution is -0.143. The summed E-state index contributed by atoms with van der Waals surface area (Å²) in [6.07, 6.45) is 0.0780. The van der Waals surface area contributed by atoms with Crippen molar-refractivity contribution in [1.82, 2.24) is 10.6 Å². The van der Waals surface area contributed by atoms with Gasteiger partial charge in [-0.1, -0.05) is 62.4 Å². The molecule has 3 atom stereocenters. The number of hydrogen-bond donors (Lipinski definition) is 3. The highest BCUT2D eigenvalue weighted by Gasteiger charge is 2.33. The van der Waals surface area contributed by atoms with Crippen LogP contribution in [0.5, 0.6) is 0 Å². The Morgan fingerprint density at radius 3 is 2.29 bits per heavy atom. The average Bonchev–Trinajstić information content (AvgIpc) is 3.16. The Bertz CT molecular complexity index is 1040. The number of carboxylic acids is 1. The van der Waals surface area contributed by atoms with Crippen LogP contribution in [0, 0.1) is 11.8 Å². The van der Waals surface area contributed by atoms with Crippen molar-refractivity contribution in [3.05, 3.63) is 59.7 Å². The molecule has 2 aromatic carbocycles. The quantitative estimate of drug-likeness (QED) is 0.533. The van der Waals surface area contributed by atoms with Crippen molar-refractivity contribution in [2.45, 2.75) is 44.7 Å². The lowest BCUT2D eigenvalue weighted by atomic mass is 9.92. The van der Waals surface area contributed by atoms with E-state index in [4.69, 9.17) is 9.47 Å². The summed E-state index contributed by atoms with van der Waals surface area (Å²) in [6.45, 7) is 4.47. The number of carbonyl (C=O) groups is 3. The zero-order valence-corrected chi connectivity index (χ0v) is 20.0. The molecule has 8 heteroatoms. The van der Waals surface area contributed by atoms with E-state index in [2.05, 4.69) is 34.9 Å². The molecule has 2 amide bonds. The summed E-state index contributed by atoms with van der Waals surface area (Å²) in [5.74, 6) is -1.99. The van der Waals surface area contributed by atoms with Gasteiger partial charge in [0.2, 0.25) is 5.91 Å². The number of amides is 2. The molecule has 3 N–H and O–H groups in total. The van der Waals surface area contributed by atoms with E-state index in [0.29, 0.717) is 19.6 Å². The minimum Gasteiger partial charge on any atom is -0.480 e. The van der Waals surface area contributed by atoms with Gasteiger partial charge in [-0.3, -0.25) is 4.79 Å². The van der Waals surface area contributed by atoms with E-state index in [-0.39, 0.29) is 42.7 Å². The Morgan fingerprint density at radius 1 is 1.06 bits per heavy atom. The summed E-state index contributed by atoms with van der Waals surface area (Å²) in [5.41, 5.74) is 4.60. The molecule has 1 aliphatic heterocycles. The normalized spacial score (nSPS) is 20.0. The molecule has 2 aromatic rings. The molecule has 2 aliphatic rings. The van der Waals surface area contributed by atoms with Gasteiger partial charge in [0, 0.05) is 30.9 Å². The van der Waals surface area contributed by atoms with E-state index in [1.807, 2.05) is 24.3 Å². The number of aliphatic carboxylic acids is 1. The number of ether oxygens (including phenoxy) is 2. The van der Waals surface area contributed by atoms with Crippen LogP contribution in [0.1, 0.15) is 43.7 Å². The summed E-state index contributed by atoms with van der Waals surface area (Å²) in [4.78, 5) is 36.6. The maximum absolute atomic E-state index is 12.7. The molecule has 1 fully saturated rings. The number of carboxylic acid groups (broad SMARTS) is 1. The van der Waals surface area contributed by atoms with Gasteiger partial charge in [0.05, 0.1) is 6.61 Å². The summed E-state index contributed by atoms with van der Waals surface area (Å²) < 4.78 is 11.2. The first-order valence-corrected chi connectivity index (χ1v) is 12.1. The van der Waals surface area contributed by atoms with Crippen molar-refractivity contribution in [2.75, 3.05) is 19.8 Å². The molecular weight excluding hydrogens is 448 g/mol. The molecule has 2 unspecified atom stereocenters. The number of fused-ring (bicyclic) bond motifs is 3. The summed E-state index contributed by atoms with van der Waals surface area (Å²) in [7, 11) is 0. The minimum absolute atomic E-state index is 0.0339. The van der Waals surface area contributed by atoms with E-state index in [1.165, 1.54) is 0 Å². The van der Waals surface area contributed by atoms with E-state index in [9.17, 15) is 19.5 Å². The fourth-order valence-corrected chi connectivity index (χ4v) is 4.96. The number of alkyl carbamates (subject to hydrolysis) is 1. The second-order valence-electron chi connectivity index (χ2n) is 9.53. The largest absolute Gasteiger partial charge is 0.480 e. The standard InChI is InChI=1S/C27H32N2O6/c1-16(2)25(26(31)32)29-24(30)13-17-14-34-12-11-23(17)28-27(33)35-15-22-20-9-5-3-7-18(20)19-8-4-6-10-21(19)22/h3-10,16-17,22-23,25H,11-15H2,1-2H3,(H,28,33)(H,29,30)(H,31,32)/t17?,23?,25-/m0/s1. The van der Waals surface area contributed by atoms with Gasteiger partial charge < -0.3 is 25.2 Å². The second-order valence-corrected chi connectivity index (χ2v) is 9.53. The molecule has 4 rings (SSSR count). The topological polar surface area (TPSA) is 114 Å².